The van der Waals surface area contributed by atoms with Crippen LogP contribution in [0.3, 0.4) is 0 Å². The second kappa shape index (κ2) is 7.36. The van der Waals surface area contributed by atoms with Crippen LogP contribution < -0.4 is 5.63 Å². The molecule has 4 heterocycles. The van der Waals surface area contributed by atoms with Crippen molar-refractivity contribution in [2.24, 2.45) is 0 Å². The molecule has 0 spiro atoms. The molecule has 0 radical (unpaired) electrons. The predicted octanol–water partition coefficient (Wildman–Crippen LogP) is 7.48. The fraction of sp³-hybridized carbons (Fsp3) is 0. The summed E-state index contributed by atoms with van der Waals surface area (Å²) in [5, 5.41) is 3.03. The van der Waals surface area contributed by atoms with Crippen LogP contribution in [0.5, 0.6) is 0 Å². The molecule has 0 fully saturated rings. The van der Waals surface area contributed by atoms with E-state index in [1.165, 1.54) is 14.6 Å². The SMILES string of the molecule is O=c1oc2ccccc2cc1-c1ccc(/C=C/c2ccc(-c3cccs3)s2)s1. The van der Waals surface area contributed by atoms with E-state index < -0.39 is 0 Å². The third-order valence-corrected chi connectivity index (χ3v) is 7.54. The van der Waals surface area contributed by atoms with Crippen molar-refractivity contribution in [3.63, 3.8) is 0 Å². The summed E-state index contributed by atoms with van der Waals surface area (Å²) in [4.78, 5) is 18.2. The highest BCUT2D eigenvalue weighted by molar-refractivity contribution is 7.21. The summed E-state index contributed by atoms with van der Waals surface area (Å²) >= 11 is 5.13. The molecular formula is C23H14O2S3. The third kappa shape index (κ3) is 3.40. The van der Waals surface area contributed by atoms with Crippen molar-refractivity contribution in [3.05, 3.63) is 92.3 Å². The van der Waals surface area contributed by atoms with Crippen molar-refractivity contribution in [2.75, 3.05) is 0 Å². The molecule has 5 aromatic rings. The van der Waals surface area contributed by atoms with Crippen molar-refractivity contribution >= 4 is 57.1 Å². The molecule has 4 aromatic heterocycles. The Morgan fingerprint density at radius 3 is 2.29 bits per heavy atom. The Hall–Kier alpha value is -2.73. The molecule has 1 aromatic carbocycles. The molecule has 0 N–H and O–H groups in total. The van der Waals surface area contributed by atoms with E-state index in [9.17, 15) is 4.79 Å². The minimum atomic E-state index is -0.296. The van der Waals surface area contributed by atoms with E-state index >= 15 is 0 Å². The lowest BCUT2D eigenvalue weighted by Crippen LogP contribution is -2.01. The monoisotopic (exact) mass is 418 g/mol. The van der Waals surface area contributed by atoms with Crippen molar-refractivity contribution in [1.29, 1.82) is 0 Å². The van der Waals surface area contributed by atoms with Gasteiger partial charge in [-0.1, -0.05) is 24.3 Å². The smallest absolute Gasteiger partial charge is 0.345 e. The molecule has 2 nitrogen and oxygen atoms in total. The van der Waals surface area contributed by atoms with Crippen molar-refractivity contribution in [3.8, 4) is 20.2 Å². The van der Waals surface area contributed by atoms with Gasteiger partial charge in [0.25, 0.3) is 0 Å². The highest BCUT2D eigenvalue weighted by Gasteiger charge is 2.10. The second-order valence-corrected chi connectivity index (χ2v) is 9.38. The zero-order valence-corrected chi connectivity index (χ0v) is 17.1. The minimum Gasteiger partial charge on any atom is -0.422 e. The van der Waals surface area contributed by atoms with E-state index in [4.69, 9.17) is 4.42 Å². The molecule has 0 bridgehead atoms. The maximum atomic E-state index is 12.4. The maximum absolute atomic E-state index is 12.4. The van der Waals surface area contributed by atoms with Crippen LogP contribution in [0.4, 0.5) is 0 Å². The molecule has 0 saturated carbocycles. The highest BCUT2D eigenvalue weighted by atomic mass is 32.1. The van der Waals surface area contributed by atoms with Gasteiger partial charge >= 0.3 is 5.63 Å². The number of benzene rings is 1. The molecule has 0 amide bonds. The lowest BCUT2D eigenvalue weighted by Gasteiger charge is -1.99. The summed E-state index contributed by atoms with van der Waals surface area (Å²) in [5.41, 5.74) is 0.932. The summed E-state index contributed by atoms with van der Waals surface area (Å²) in [6, 6.07) is 22.0. The summed E-state index contributed by atoms with van der Waals surface area (Å²) in [6.07, 6.45) is 4.22. The molecule has 28 heavy (non-hydrogen) atoms. The molecule has 0 aliphatic heterocycles. The van der Waals surface area contributed by atoms with E-state index in [-0.39, 0.29) is 5.63 Å². The first-order valence-corrected chi connectivity index (χ1v) is 11.2. The zero-order valence-electron chi connectivity index (χ0n) is 14.6. The average molecular weight is 419 g/mol. The molecule has 0 aliphatic carbocycles. The van der Waals surface area contributed by atoms with Gasteiger partial charge in [-0.15, -0.1) is 34.0 Å². The fourth-order valence-corrected chi connectivity index (χ4v) is 5.64. The first-order valence-electron chi connectivity index (χ1n) is 8.71. The van der Waals surface area contributed by atoms with Crippen LogP contribution in [0.2, 0.25) is 0 Å². The molecule has 0 saturated heterocycles. The number of hydrogen-bond donors (Lipinski definition) is 0. The van der Waals surface area contributed by atoms with Gasteiger partial charge in [-0.3, -0.25) is 0 Å². The number of thiophene rings is 3. The molecular weight excluding hydrogens is 404 g/mol. The number of rotatable bonds is 4. The fourth-order valence-electron chi connectivity index (χ4n) is 2.98. The van der Waals surface area contributed by atoms with Crippen molar-refractivity contribution in [1.82, 2.24) is 0 Å². The molecule has 0 atom stereocenters. The van der Waals surface area contributed by atoms with Crippen LogP contribution in [-0.4, -0.2) is 0 Å². The summed E-state index contributed by atoms with van der Waals surface area (Å²) in [6.45, 7) is 0. The highest BCUT2D eigenvalue weighted by Crippen LogP contribution is 2.33. The molecule has 5 rings (SSSR count). The lowest BCUT2D eigenvalue weighted by atomic mass is 10.1. The first kappa shape index (κ1) is 17.4. The van der Waals surface area contributed by atoms with Gasteiger partial charge in [-0.25, -0.2) is 4.79 Å². The average Bonchev–Trinajstić information content (AvgIpc) is 3.47. The van der Waals surface area contributed by atoms with Gasteiger partial charge in [0.1, 0.15) is 5.58 Å². The van der Waals surface area contributed by atoms with E-state index in [0.717, 1.165) is 15.1 Å². The Morgan fingerprint density at radius 2 is 1.50 bits per heavy atom. The van der Waals surface area contributed by atoms with Crippen LogP contribution in [0.15, 0.2) is 81.3 Å². The minimum absolute atomic E-state index is 0.296. The molecule has 5 heteroatoms. The van der Waals surface area contributed by atoms with Crippen molar-refractivity contribution < 1.29 is 4.42 Å². The Bertz CT molecular complexity index is 1330. The van der Waals surface area contributed by atoms with Gasteiger partial charge in [-0.2, -0.15) is 0 Å². The number of fused-ring (bicyclic) bond motifs is 1. The van der Waals surface area contributed by atoms with Gasteiger partial charge in [0.2, 0.25) is 0 Å². The van der Waals surface area contributed by atoms with Gasteiger partial charge < -0.3 is 4.42 Å². The Balaban J connectivity index is 1.42. The third-order valence-electron chi connectivity index (χ3n) is 4.34. The molecule has 0 aliphatic rings. The summed E-state index contributed by atoms with van der Waals surface area (Å²) in [7, 11) is 0. The Kier molecular flexibility index (Phi) is 4.56. The van der Waals surface area contributed by atoms with Gasteiger partial charge in [0, 0.05) is 29.8 Å². The Morgan fingerprint density at radius 1 is 0.750 bits per heavy atom. The largest absolute Gasteiger partial charge is 0.422 e. The van der Waals surface area contributed by atoms with Crippen LogP contribution in [-0.2, 0) is 0 Å². The van der Waals surface area contributed by atoms with Crippen molar-refractivity contribution in [2.45, 2.75) is 0 Å². The number of hydrogen-bond acceptors (Lipinski definition) is 5. The topological polar surface area (TPSA) is 30.2 Å². The van der Waals surface area contributed by atoms with Gasteiger partial charge in [-0.05, 0) is 60.0 Å². The predicted molar refractivity (Wildman–Crippen MR) is 122 cm³/mol. The van der Waals surface area contributed by atoms with Crippen LogP contribution >= 0.6 is 34.0 Å². The number of para-hydroxylation sites is 1. The molecule has 0 unspecified atom stereocenters. The summed E-state index contributed by atoms with van der Waals surface area (Å²) < 4.78 is 5.46. The normalized spacial score (nSPS) is 11.6. The van der Waals surface area contributed by atoms with E-state index in [0.29, 0.717) is 11.1 Å². The summed E-state index contributed by atoms with van der Waals surface area (Å²) in [5.74, 6) is 0. The van der Waals surface area contributed by atoms with E-state index in [1.807, 2.05) is 42.5 Å². The van der Waals surface area contributed by atoms with Gasteiger partial charge in [0.15, 0.2) is 0 Å². The standard InChI is InChI=1S/C23H14O2S3/c24-23-18(14-15-4-1-2-5-19(15)25-23)20-11-9-16(27-20)7-8-17-10-12-22(28-17)21-6-3-13-26-21/h1-14H/b8-7+. The maximum Gasteiger partial charge on any atom is 0.345 e. The van der Waals surface area contributed by atoms with Crippen LogP contribution in [0.25, 0.3) is 43.3 Å². The van der Waals surface area contributed by atoms with Gasteiger partial charge in [0.05, 0.1) is 5.56 Å². The van der Waals surface area contributed by atoms with E-state index in [1.54, 1.807) is 34.0 Å². The van der Waals surface area contributed by atoms with Crippen LogP contribution in [0.1, 0.15) is 9.75 Å². The Labute approximate surface area is 173 Å². The van der Waals surface area contributed by atoms with E-state index in [2.05, 4.69) is 41.8 Å². The lowest BCUT2D eigenvalue weighted by molar-refractivity contribution is 0.564. The quantitative estimate of drug-likeness (QED) is 0.283. The first-order chi connectivity index (χ1) is 13.8. The second-order valence-electron chi connectivity index (χ2n) is 6.20. The molecule has 136 valence electrons. The zero-order chi connectivity index (χ0) is 18.9. The van der Waals surface area contributed by atoms with Crippen LogP contribution in [0, 0.1) is 0 Å².